The molecule has 0 aromatic heterocycles. The number of carbonyl (C=O) groups is 3. The van der Waals surface area contributed by atoms with Gasteiger partial charge in [0, 0.05) is 22.9 Å². The Morgan fingerprint density at radius 2 is 1.77 bits per heavy atom. The summed E-state index contributed by atoms with van der Waals surface area (Å²) in [5, 5.41) is 5.62. The van der Waals surface area contributed by atoms with Gasteiger partial charge in [0.15, 0.2) is 12.4 Å². The van der Waals surface area contributed by atoms with Crippen LogP contribution in [0.25, 0.3) is 0 Å². The summed E-state index contributed by atoms with van der Waals surface area (Å²) in [6.07, 6.45) is 2.04. The molecule has 134 valence electrons. The van der Waals surface area contributed by atoms with E-state index in [1.165, 1.54) is 6.92 Å². The molecular formula is C20H20N2O4. The summed E-state index contributed by atoms with van der Waals surface area (Å²) < 4.78 is 5.41. The topological polar surface area (TPSA) is 84.5 Å². The maximum absolute atomic E-state index is 12.0. The monoisotopic (exact) mass is 352 g/mol. The number of hydrogen-bond acceptors (Lipinski definition) is 4. The molecule has 0 heterocycles. The van der Waals surface area contributed by atoms with Crippen LogP contribution in [0.15, 0.2) is 48.5 Å². The van der Waals surface area contributed by atoms with Crippen molar-refractivity contribution in [1.82, 2.24) is 5.32 Å². The molecular weight excluding hydrogens is 332 g/mol. The highest BCUT2D eigenvalue weighted by atomic mass is 16.5. The summed E-state index contributed by atoms with van der Waals surface area (Å²) >= 11 is 0. The molecule has 0 aliphatic heterocycles. The predicted octanol–water partition coefficient (Wildman–Crippen LogP) is 2.80. The summed E-state index contributed by atoms with van der Waals surface area (Å²) in [4.78, 5) is 35.3. The van der Waals surface area contributed by atoms with Crippen molar-refractivity contribution in [3.05, 3.63) is 59.7 Å². The lowest BCUT2D eigenvalue weighted by molar-refractivity contribution is -0.118. The van der Waals surface area contributed by atoms with Crippen molar-refractivity contribution in [3.8, 4) is 5.75 Å². The number of rotatable bonds is 7. The van der Waals surface area contributed by atoms with Gasteiger partial charge in [0.05, 0.1) is 0 Å². The molecule has 0 atom stereocenters. The first kappa shape index (κ1) is 17.7. The summed E-state index contributed by atoms with van der Waals surface area (Å²) in [5.41, 5.74) is 1.63. The van der Waals surface area contributed by atoms with E-state index in [9.17, 15) is 14.4 Å². The van der Waals surface area contributed by atoms with Crippen molar-refractivity contribution in [2.24, 2.45) is 0 Å². The second-order valence-corrected chi connectivity index (χ2v) is 6.25. The molecule has 6 nitrogen and oxygen atoms in total. The number of anilines is 1. The lowest BCUT2D eigenvalue weighted by Gasteiger charge is -2.09. The Morgan fingerprint density at radius 3 is 2.42 bits per heavy atom. The molecule has 1 fully saturated rings. The van der Waals surface area contributed by atoms with E-state index in [0.29, 0.717) is 22.6 Å². The van der Waals surface area contributed by atoms with E-state index in [2.05, 4.69) is 10.6 Å². The molecule has 2 N–H and O–H groups in total. The van der Waals surface area contributed by atoms with Gasteiger partial charge in [-0.3, -0.25) is 14.4 Å². The van der Waals surface area contributed by atoms with Gasteiger partial charge >= 0.3 is 0 Å². The molecule has 1 aliphatic carbocycles. The Kier molecular flexibility index (Phi) is 5.31. The van der Waals surface area contributed by atoms with E-state index < -0.39 is 0 Å². The van der Waals surface area contributed by atoms with Crippen LogP contribution >= 0.6 is 0 Å². The largest absolute Gasteiger partial charge is 0.484 e. The summed E-state index contributed by atoms with van der Waals surface area (Å²) in [6.45, 7) is 1.32. The van der Waals surface area contributed by atoms with Crippen molar-refractivity contribution in [3.63, 3.8) is 0 Å². The third kappa shape index (κ3) is 4.92. The number of carbonyl (C=O) groups excluding carboxylic acids is 3. The fourth-order valence-corrected chi connectivity index (χ4v) is 2.37. The van der Waals surface area contributed by atoms with Gasteiger partial charge in [-0.1, -0.05) is 6.07 Å². The maximum atomic E-state index is 12.0. The van der Waals surface area contributed by atoms with Gasteiger partial charge in [-0.05, 0) is 62.2 Å². The van der Waals surface area contributed by atoms with E-state index in [1.807, 2.05) is 0 Å². The van der Waals surface area contributed by atoms with E-state index in [1.54, 1.807) is 48.5 Å². The number of ether oxygens (including phenoxy) is 1. The minimum absolute atomic E-state index is 0.0279. The van der Waals surface area contributed by atoms with Crippen LogP contribution in [0.3, 0.4) is 0 Å². The molecule has 26 heavy (non-hydrogen) atoms. The minimum Gasteiger partial charge on any atom is -0.484 e. The van der Waals surface area contributed by atoms with E-state index in [4.69, 9.17) is 4.74 Å². The molecule has 1 aliphatic rings. The van der Waals surface area contributed by atoms with Crippen molar-refractivity contribution < 1.29 is 19.1 Å². The summed E-state index contributed by atoms with van der Waals surface area (Å²) in [5.74, 6) is 0.00779. The molecule has 0 unspecified atom stereocenters. The Morgan fingerprint density at radius 1 is 1.04 bits per heavy atom. The molecule has 1 saturated carbocycles. The molecule has 0 radical (unpaired) electrons. The molecule has 6 heteroatoms. The molecule has 2 aromatic carbocycles. The second-order valence-electron chi connectivity index (χ2n) is 6.25. The van der Waals surface area contributed by atoms with Crippen LogP contribution in [-0.2, 0) is 4.79 Å². The van der Waals surface area contributed by atoms with Gasteiger partial charge in [0.25, 0.3) is 11.8 Å². The smallest absolute Gasteiger partial charge is 0.262 e. The Labute approximate surface area is 151 Å². The number of Topliss-reactive ketones (excluding diaryl/α,β-unsaturated/α-hetero) is 1. The van der Waals surface area contributed by atoms with Crippen molar-refractivity contribution >= 4 is 23.3 Å². The highest BCUT2D eigenvalue weighted by Gasteiger charge is 2.23. The van der Waals surface area contributed by atoms with Gasteiger partial charge in [0.1, 0.15) is 5.75 Å². The van der Waals surface area contributed by atoms with Crippen LogP contribution in [0.5, 0.6) is 5.75 Å². The highest BCUT2D eigenvalue weighted by Crippen LogP contribution is 2.20. The third-order valence-corrected chi connectivity index (χ3v) is 3.95. The Bertz CT molecular complexity index is 826. The summed E-state index contributed by atoms with van der Waals surface area (Å²) in [6, 6.07) is 13.7. The average molecular weight is 352 g/mol. The number of nitrogens with one attached hydrogen (secondary N) is 2. The normalized spacial score (nSPS) is 13.0. The number of amides is 2. The molecule has 2 amide bonds. The second kappa shape index (κ2) is 7.82. The van der Waals surface area contributed by atoms with Crippen LogP contribution in [-0.4, -0.2) is 30.2 Å². The Balaban J connectivity index is 1.52. The lowest BCUT2D eigenvalue weighted by atomic mass is 10.1. The molecule has 0 saturated heterocycles. The highest BCUT2D eigenvalue weighted by molar-refractivity contribution is 5.97. The minimum atomic E-state index is -0.333. The van der Waals surface area contributed by atoms with Crippen LogP contribution in [0.2, 0.25) is 0 Å². The molecule has 0 spiro atoms. The van der Waals surface area contributed by atoms with Crippen molar-refractivity contribution in [2.75, 3.05) is 11.9 Å². The quantitative estimate of drug-likeness (QED) is 0.751. The maximum Gasteiger partial charge on any atom is 0.262 e. The van der Waals surface area contributed by atoms with Gasteiger partial charge < -0.3 is 15.4 Å². The van der Waals surface area contributed by atoms with Crippen LogP contribution < -0.4 is 15.4 Å². The number of ketones is 1. The molecule has 3 rings (SSSR count). The fraction of sp³-hybridized carbons (Fsp3) is 0.250. The third-order valence-electron chi connectivity index (χ3n) is 3.95. The molecule has 0 bridgehead atoms. The zero-order valence-corrected chi connectivity index (χ0v) is 14.5. The zero-order valence-electron chi connectivity index (χ0n) is 14.5. The average Bonchev–Trinajstić information content (AvgIpc) is 3.44. The predicted molar refractivity (Wildman–Crippen MR) is 97.5 cm³/mol. The zero-order chi connectivity index (χ0) is 18.5. The molecule has 2 aromatic rings. The van der Waals surface area contributed by atoms with E-state index in [0.717, 1.165) is 12.8 Å². The van der Waals surface area contributed by atoms with Gasteiger partial charge in [0.2, 0.25) is 0 Å². The van der Waals surface area contributed by atoms with Crippen molar-refractivity contribution in [1.29, 1.82) is 0 Å². The van der Waals surface area contributed by atoms with Gasteiger partial charge in [-0.2, -0.15) is 0 Å². The van der Waals surface area contributed by atoms with Crippen LogP contribution in [0.4, 0.5) is 5.69 Å². The van der Waals surface area contributed by atoms with Crippen molar-refractivity contribution in [2.45, 2.75) is 25.8 Å². The van der Waals surface area contributed by atoms with Gasteiger partial charge in [-0.15, -0.1) is 0 Å². The number of benzene rings is 2. The first-order valence-electron chi connectivity index (χ1n) is 8.46. The number of hydrogen-bond donors (Lipinski definition) is 2. The van der Waals surface area contributed by atoms with Gasteiger partial charge in [-0.25, -0.2) is 0 Å². The Hall–Kier alpha value is -3.15. The van der Waals surface area contributed by atoms with Crippen LogP contribution in [0.1, 0.15) is 40.5 Å². The standard InChI is InChI=1S/C20H20N2O4/c1-13(23)14-5-9-18(10-6-14)26-12-19(24)21-17-4-2-3-15(11-17)20(25)22-16-7-8-16/h2-6,9-11,16H,7-8,12H2,1H3,(H,21,24)(H,22,25). The SMILES string of the molecule is CC(=O)c1ccc(OCC(=O)Nc2cccc(C(=O)NC3CC3)c2)cc1. The van der Waals surface area contributed by atoms with E-state index >= 15 is 0 Å². The fourth-order valence-electron chi connectivity index (χ4n) is 2.37. The summed E-state index contributed by atoms with van der Waals surface area (Å²) in [7, 11) is 0. The van der Waals surface area contributed by atoms with E-state index in [-0.39, 0.29) is 30.2 Å². The van der Waals surface area contributed by atoms with Crippen LogP contribution in [0, 0.1) is 0 Å². The first-order chi connectivity index (χ1) is 12.5. The first-order valence-corrected chi connectivity index (χ1v) is 8.46. The lowest BCUT2D eigenvalue weighted by Crippen LogP contribution is -2.25.